The fourth-order valence-corrected chi connectivity index (χ4v) is 6.47. The summed E-state index contributed by atoms with van der Waals surface area (Å²) in [5.74, 6) is 2.26. The van der Waals surface area contributed by atoms with E-state index in [4.69, 9.17) is 28.4 Å². The Balaban J connectivity index is 2.44. The van der Waals surface area contributed by atoms with E-state index in [-0.39, 0.29) is 13.0 Å². The number of unbranched alkanes of at least 4 members (excludes halogenated alkanes) is 15. The van der Waals surface area contributed by atoms with E-state index in [1.54, 1.807) is 0 Å². The van der Waals surface area contributed by atoms with Crippen molar-refractivity contribution in [2.24, 2.45) is 17.8 Å². The lowest BCUT2D eigenvalue weighted by molar-refractivity contribution is -0.0983. The van der Waals surface area contributed by atoms with Gasteiger partial charge in [0.1, 0.15) is 18.3 Å². The van der Waals surface area contributed by atoms with Crippen LogP contribution in [0.2, 0.25) is 0 Å². The molecule has 0 aromatic heterocycles. The summed E-state index contributed by atoms with van der Waals surface area (Å²) < 4.78 is 32.9. The van der Waals surface area contributed by atoms with Crippen molar-refractivity contribution in [1.82, 2.24) is 0 Å². The minimum absolute atomic E-state index is 0.186. The highest BCUT2D eigenvalue weighted by Gasteiger charge is 2.38. The molecule has 0 saturated heterocycles. The van der Waals surface area contributed by atoms with Crippen LogP contribution in [-0.2, 0) is 28.4 Å². The van der Waals surface area contributed by atoms with Crippen LogP contribution in [0.25, 0.3) is 0 Å². The zero-order chi connectivity index (χ0) is 37.5. The molecule has 51 heavy (non-hydrogen) atoms. The normalized spacial score (nSPS) is 17.5. The van der Waals surface area contributed by atoms with E-state index in [1.165, 1.54) is 77.0 Å². The van der Waals surface area contributed by atoms with Gasteiger partial charge in [-0.25, -0.2) is 14.4 Å². The summed E-state index contributed by atoms with van der Waals surface area (Å²) in [4.78, 5) is 37.7. The zero-order valence-corrected chi connectivity index (χ0v) is 33.7. The Morgan fingerprint density at radius 2 is 0.725 bits per heavy atom. The van der Waals surface area contributed by atoms with E-state index in [1.807, 2.05) is 0 Å². The van der Waals surface area contributed by atoms with Gasteiger partial charge in [0.25, 0.3) is 0 Å². The van der Waals surface area contributed by atoms with Crippen molar-refractivity contribution in [3.05, 3.63) is 0 Å². The van der Waals surface area contributed by atoms with Gasteiger partial charge in [-0.1, -0.05) is 157 Å². The molecular formula is C42H78O9. The third-order valence-corrected chi connectivity index (χ3v) is 9.63. The summed E-state index contributed by atoms with van der Waals surface area (Å²) in [6, 6.07) is 0. The van der Waals surface area contributed by atoms with Crippen molar-refractivity contribution in [2.45, 2.75) is 214 Å². The van der Waals surface area contributed by atoms with E-state index >= 15 is 0 Å². The molecule has 1 aliphatic carbocycles. The molecule has 0 aromatic carbocycles. The molecule has 300 valence electrons. The fourth-order valence-electron chi connectivity index (χ4n) is 6.47. The molecule has 9 heteroatoms. The number of carbonyl (C=O) groups is 3. The van der Waals surface area contributed by atoms with Crippen molar-refractivity contribution in [3.63, 3.8) is 0 Å². The Kier molecular flexibility index (Phi) is 28.8. The van der Waals surface area contributed by atoms with Crippen LogP contribution in [0.1, 0.15) is 196 Å². The van der Waals surface area contributed by atoms with Gasteiger partial charge in [0.15, 0.2) is 0 Å². The maximum atomic E-state index is 12.6. The Labute approximate surface area is 312 Å². The lowest BCUT2D eigenvalue weighted by Crippen LogP contribution is -2.43. The summed E-state index contributed by atoms with van der Waals surface area (Å²) in [5.41, 5.74) is 0. The minimum atomic E-state index is -0.820. The van der Waals surface area contributed by atoms with Gasteiger partial charge >= 0.3 is 18.5 Å². The number of carbonyl (C=O) groups excluding carboxylic acids is 3. The molecule has 0 bridgehead atoms. The first-order valence-corrected chi connectivity index (χ1v) is 21.1. The number of ether oxygens (including phenoxy) is 6. The number of hydrogen-bond donors (Lipinski definition) is 0. The van der Waals surface area contributed by atoms with Crippen LogP contribution in [0.15, 0.2) is 0 Å². The van der Waals surface area contributed by atoms with Gasteiger partial charge in [0.2, 0.25) is 0 Å². The van der Waals surface area contributed by atoms with Crippen LogP contribution < -0.4 is 0 Å². The molecule has 1 fully saturated rings. The topological polar surface area (TPSA) is 107 Å². The lowest BCUT2D eigenvalue weighted by Gasteiger charge is -2.33. The summed E-state index contributed by atoms with van der Waals surface area (Å²) in [7, 11) is 0. The van der Waals surface area contributed by atoms with E-state index in [0.717, 1.165) is 75.5 Å². The zero-order valence-electron chi connectivity index (χ0n) is 33.7. The molecule has 0 heterocycles. The Bertz CT molecular complexity index is 859. The Morgan fingerprint density at radius 1 is 0.412 bits per heavy atom. The van der Waals surface area contributed by atoms with E-state index in [0.29, 0.717) is 26.1 Å². The maximum absolute atomic E-state index is 12.6. The smallest absolute Gasteiger partial charge is 0.434 e. The second-order valence-electron chi connectivity index (χ2n) is 16.1. The van der Waals surface area contributed by atoms with E-state index in [9.17, 15) is 14.4 Å². The van der Waals surface area contributed by atoms with Crippen LogP contribution in [-0.4, -0.2) is 56.6 Å². The molecule has 0 aromatic rings. The van der Waals surface area contributed by atoms with Crippen molar-refractivity contribution < 1.29 is 42.8 Å². The average molecular weight is 727 g/mol. The summed E-state index contributed by atoms with van der Waals surface area (Å²) in [6.45, 7) is 14.4. The lowest BCUT2D eigenvalue weighted by atomic mass is 9.92. The standard InChI is InChI=1S/C42H78O9/c1-34(2)25-19-13-7-10-16-22-30-46-40(43)49-37-28-29-38(50-41(44)47-31-23-17-11-8-14-20-26-35(3)4)39(33-37)51-42(45)48-32-24-18-12-9-15-21-27-36(5)6/h34-39H,7-33H2,1-6H3. The van der Waals surface area contributed by atoms with Gasteiger partial charge in [-0.15, -0.1) is 0 Å². The minimum Gasteiger partial charge on any atom is -0.434 e. The quantitative estimate of drug-likeness (QED) is 0.0406. The van der Waals surface area contributed by atoms with Gasteiger partial charge in [0.05, 0.1) is 19.8 Å². The summed E-state index contributed by atoms with van der Waals surface area (Å²) in [6.07, 6.45) is 20.3. The van der Waals surface area contributed by atoms with Crippen molar-refractivity contribution in [2.75, 3.05) is 19.8 Å². The molecule has 3 atom stereocenters. The first-order chi connectivity index (χ1) is 24.6. The molecule has 0 aliphatic heterocycles. The Hall–Kier alpha value is -2.19. The SMILES string of the molecule is CC(C)CCCCCCCCOC(=O)OC1CCC(OC(=O)OCCCCCCCCC(C)C)C(OC(=O)OCCCCCCCCC(C)C)C1. The molecule has 0 spiro atoms. The third kappa shape index (κ3) is 29.0. The van der Waals surface area contributed by atoms with E-state index in [2.05, 4.69) is 41.5 Å². The maximum Gasteiger partial charge on any atom is 0.508 e. The van der Waals surface area contributed by atoms with Crippen LogP contribution in [0.3, 0.4) is 0 Å². The van der Waals surface area contributed by atoms with Gasteiger partial charge < -0.3 is 28.4 Å². The molecule has 9 nitrogen and oxygen atoms in total. The predicted molar refractivity (Wildman–Crippen MR) is 204 cm³/mol. The molecule has 1 rings (SSSR count). The third-order valence-electron chi connectivity index (χ3n) is 9.63. The monoisotopic (exact) mass is 727 g/mol. The Morgan fingerprint density at radius 3 is 1.10 bits per heavy atom. The second-order valence-corrected chi connectivity index (χ2v) is 16.1. The second kappa shape index (κ2) is 31.3. The molecule has 0 N–H and O–H groups in total. The van der Waals surface area contributed by atoms with Crippen LogP contribution in [0, 0.1) is 17.8 Å². The van der Waals surface area contributed by atoms with Crippen LogP contribution in [0.5, 0.6) is 0 Å². The van der Waals surface area contributed by atoms with E-state index < -0.39 is 36.8 Å². The highest BCUT2D eigenvalue weighted by atomic mass is 16.8. The fraction of sp³-hybridized carbons (Fsp3) is 0.929. The van der Waals surface area contributed by atoms with Crippen molar-refractivity contribution >= 4 is 18.5 Å². The predicted octanol–water partition coefficient (Wildman–Crippen LogP) is 12.9. The highest BCUT2D eigenvalue weighted by molar-refractivity contribution is 5.62. The molecule has 1 saturated carbocycles. The molecule has 0 radical (unpaired) electrons. The molecule has 1 aliphatic rings. The first-order valence-electron chi connectivity index (χ1n) is 21.1. The van der Waals surface area contributed by atoms with Gasteiger partial charge in [-0.3, -0.25) is 0 Å². The summed E-state index contributed by atoms with van der Waals surface area (Å²) >= 11 is 0. The van der Waals surface area contributed by atoms with Crippen LogP contribution in [0.4, 0.5) is 14.4 Å². The number of rotatable bonds is 30. The van der Waals surface area contributed by atoms with Crippen molar-refractivity contribution in [3.8, 4) is 0 Å². The first kappa shape index (κ1) is 46.8. The van der Waals surface area contributed by atoms with Gasteiger partial charge in [0, 0.05) is 6.42 Å². The average Bonchev–Trinajstić information content (AvgIpc) is 3.06. The van der Waals surface area contributed by atoms with Gasteiger partial charge in [-0.2, -0.15) is 0 Å². The summed E-state index contributed by atoms with van der Waals surface area (Å²) in [5, 5.41) is 0. The molecule has 0 amide bonds. The van der Waals surface area contributed by atoms with Crippen LogP contribution >= 0.6 is 0 Å². The van der Waals surface area contributed by atoms with Crippen molar-refractivity contribution in [1.29, 1.82) is 0 Å². The highest BCUT2D eigenvalue weighted by Crippen LogP contribution is 2.28. The molecule has 3 unspecified atom stereocenters. The largest absolute Gasteiger partial charge is 0.508 e. The molecular weight excluding hydrogens is 648 g/mol. The van der Waals surface area contributed by atoms with Gasteiger partial charge in [-0.05, 0) is 49.9 Å². The number of hydrogen-bond acceptors (Lipinski definition) is 9.